The average Bonchev–Trinajstić information content (AvgIpc) is 2.37. The first-order chi connectivity index (χ1) is 8.95. The number of ether oxygens (including phenoxy) is 1. The molecule has 8 heteroatoms. The van der Waals surface area contributed by atoms with Crippen molar-refractivity contribution in [2.24, 2.45) is 0 Å². The van der Waals surface area contributed by atoms with Crippen molar-refractivity contribution in [2.45, 2.75) is 19.4 Å². The topological polar surface area (TPSA) is 115 Å². The Labute approximate surface area is 109 Å². The lowest BCUT2D eigenvalue weighted by Gasteiger charge is -2.08. The van der Waals surface area contributed by atoms with E-state index in [1.807, 2.05) is 0 Å². The quantitative estimate of drug-likeness (QED) is 0.449. The SMILES string of the molecule is COC(=O)c1ccc([N+](=O)[O-])c(NCCC(C)O)n1. The second-order valence-electron chi connectivity index (χ2n) is 3.88. The summed E-state index contributed by atoms with van der Waals surface area (Å²) in [7, 11) is 1.20. The van der Waals surface area contributed by atoms with Gasteiger partial charge in [-0.05, 0) is 19.4 Å². The molecular weight excluding hydrogens is 254 g/mol. The van der Waals surface area contributed by atoms with E-state index in [1.165, 1.54) is 19.2 Å². The van der Waals surface area contributed by atoms with E-state index in [4.69, 9.17) is 5.11 Å². The molecule has 8 nitrogen and oxygen atoms in total. The summed E-state index contributed by atoms with van der Waals surface area (Å²) >= 11 is 0. The third kappa shape index (κ3) is 4.18. The van der Waals surface area contributed by atoms with Crippen LogP contribution < -0.4 is 5.32 Å². The van der Waals surface area contributed by atoms with Gasteiger partial charge in [-0.3, -0.25) is 10.1 Å². The fraction of sp³-hybridized carbons (Fsp3) is 0.455. The Balaban J connectivity index is 2.95. The number of rotatable bonds is 6. The van der Waals surface area contributed by atoms with Crippen molar-refractivity contribution >= 4 is 17.5 Å². The van der Waals surface area contributed by atoms with Gasteiger partial charge in [-0.1, -0.05) is 0 Å². The maximum atomic E-state index is 11.3. The van der Waals surface area contributed by atoms with E-state index in [2.05, 4.69) is 15.0 Å². The normalized spacial score (nSPS) is 11.7. The fourth-order valence-corrected chi connectivity index (χ4v) is 1.35. The minimum atomic E-state index is -0.673. The fourth-order valence-electron chi connectivity index (χ4n) is 1.35. The summed E-state index contributed by atoms with van der Waals surface area (Å²) in [6.07, 6.45) is -0.128. The number of hydrogen-bond acceptors (Lipinski definition) is 7. The van der Waals surface area contributed by atoms with E-state index in [-0.39, 0.29) is 17.2 Å². The summed E-state index contributed by atoms with van der Waals surface area (Å²) < 4.78 is 4.50. The van der Waals surface area contributed by atoms with Crippen molar-refractivity contribution in [1.82, 2.24) is 4.98 Å². The van der Waals surface area contributed by atoms with Gasteiger partial charge in [0.15, 0.2) is 5.69 Å². The number of methoxy groups -OCH3 is 1. The molecule has 2 N–H and O–H groups in total. The van der Waals surface area contributed by atoms with E-state index < -0.39 is 17.0 Å². The molecule has 0 amide bonds. The number of nitrogens with zero attached hydrogens (tertiary/aromatic N) is 2. The molecule has 0 radical (unpaired) electrons. The summed E-state index contributed by atoms with van der Waals surface area (Å²) in [5, 5.41) is 22.7. The molecule has 0 saturated carbocycles. The molecule has 1 heterocycles. The van der Waals surface area contributed by atoms with E-state index in [0.29, 0.717) is 13.0 Å². The third-order valence-electron chi connectivity index (χ3n) is 2.32. The van der Waals surface area contributed by atoms with Crippen molar-refractivity contribution in [3.8, 4) is 0 Å². The minimum absolute atomic E-state index is 0.0199. The third-order valence-corrected chi connectivity index (χ3v) is 2.32. The lowest BCUT2D eigenvalue weighted by Crippen LogP contribution is -2.13. The molecular formula is C11H15N3O5. The zero-order valence-electron chi connectivity index (χ0n) is 10.6. The van der Waals surface area contributed by atoms with Gasteiger partial charge in [0.1, 0.15) is 0 Å². The van der Waals surface area contributed by atoms with Crippen molar-refractivity contribution in [2.75, 3.05) is 19.0 Å². The molecule has 0 fully saturated rings. The molecule has 0 aliphatic rings. The van der Waals surface area contributed by atoms with Crippen LogP contribution in [0.5, 0.6) is 0 Å². The Kier molecular flexibility index (Phi) is 5.19. The number of aliphatic hydroxyl groups excluding tert-OH is 1. The molecule has 104 valence electrons. The van der Waals surface area contributed by atoms with Crippen LogP contribution >= 0.6 is 0 Å². The Bertz CT molecular complexity index is 475. The molecule has 0 spiro atoms. The summed E-state index contributed by atoms with van der Waals surface area (Å²) in [5.41, 5.74) is -0.258. The predicted octanol–water partition coefficient (Wildman–Crippen LogP) is 0.959. The van der Waals surface area contributed by atoms with Gasteiger partial charge in [0.05, 0.1) is 18.1 Å². The molecule has 0 aliphatic heterocycles. The standard InChI is InChI=1S/C11H15N3O5/c1-7(15)5-6-12-10-9(14(17)18)4-3-8(13-10)11(16)19-2/h3-4,7,15H,5-6H2,1-2H3,(H,12,13). The monoisotopic (exact) mass is 269 g/mol. The van der Waals surface area contributed by atoms with Crippen LogP contribution in [0.15, 0.2) is 12.1 Å². The number of nitro groups is 1. The van der Waals surface area contributed by atoms with Crippen molar-refractivity contribution < 1.29 is 19.6 Å². The van der Waals surface area contributed by atoms with Crippen LogP contribution in [0.2, 0.25) is 0 Å². The van der Waals surface area contributed by atoms with Crippen LogP contribution in [0.4, 0.5) is 11.5 Å². The number of nitrogens with one attached hydrogen (secondary N) is 1. The molecule has 19 heavy (non-hydrogen) atoms. The molecule has 1 aromatic rings. The Morgan fingerprint density at radius 2 is 2.32 bits per heavy atom. The van der Waals surface area contributed by atoms with Gasteiger partial charge in [-0.15, -0.1) is 0 Å². The van der Waals surface area contributed by atoms with Crippen LogP contribution in [0.25, 0.3) is 0 Å². The first-order valence-electron chi connectivity index (χ1n) is 5.61. The van der Waals surface area contributed by atoms with E-state index >= 15 is 0 Å². The average molecular weight is 269 g/mol. The summed E-state index contributed by atoms with van der Waals surface area (Å²) in [5.74, 6) is -0.693. The van der Waals surface area contributed by atoms with Gasteiger partial charge in [-0.25, -0.2) is 9.78 Å². The molecule has 1 unspecified atom stereocenters. The highest BCUT2D eigenvalue weighted by Gasteiger charge is 2.18. The molecule has 0 aliphatic carbocycles. The number of carbonyl (C=O) groups is 1. The number of aromatic nitrogens is 1. The summed E-state index contributed by atoms with van der Waals surface area (Å²) in [6.45, 7) is 1.91. The number of hydrogen-bond donors (Lipinski definition) is 2. The molecule has 1 atom stereocenters. The zero-order valence-corrected chi connectivity index (χ0v) is 10.6. The van der Waals surface area contributed by atoms with Gasteiger partial charge in [0.2, 0.25) is 5.82 Å². The second kappa shape index (κ2) is 6.64. The van der Waals surface area contributed by atoms with Crippen LogP contribution in [-0.2, 0) is 4.74 Å². The molecule has 1 aromatic heterocycles. The molecule has 0 aromatic carbocycles. The Morgan fingerprint density at radius 3 is 2.84 bits per heavy atom. The van der Waals surface area contributed by atoms with Gasteiger partial charge in [0, 0.05) is 12.6 Å². The van der Waals surface area contributed by atoms with E-state index in [1.54, 1.807) is 6.92 Å². The van der Waals surface area contributed by atoms with Gasteiger partial charge in [0.25, 0.3) is 0 Å². The predicted molar refractivity (Wildman–Crippen MR) is 67.0 cm³/mol. The van der Waals surface area contributed by atoms with Gasteiger partial charge < -0.3 is 15.2 Å². The Hall–Kier alpha value is -2.22. The molecule has 0 bridgehead atoms. The van der Waals surface area contributed by atoms with E-state index in [0.717, 1.165) is 0 Å². The summed E-state index contributed by atoms with van der Waals surface area (Å²) in [6, 6.07) is 2.41. The maximum Gasteiger partial charge on any atom is 0.356 e. The maximum absolute atomic E-state index is 11.3. The second-order valence-corrected chi connectivity index (χ2v) is 3.88. The number of anilines is 1. The zero-order chi connectivity index (χ0) is 14.4. The van der Waals surface area contributed by atoms with Crippen molar-refractivity contribution in [3.63, 3.8) is 0 Å². The first-order valence-corrected chi connectivity index (χ1v) is 5.61. The molecule has 0 saturated heterocycles. The highest BCUT2D eigenvalue weighted by Crippen LogP contribution is 2.22. The van der Waals surface area contributed by atoms with Crippen LogP contribution in [-0.4, -0.2) is 40.7 Å². The largest absolute Gasteiger partial charge is 0.464 e. The van der Waals surface area contributed by atoms with Gasteiger partial charge in [-0.2, -0.15) is 0 Å². The van der Waals surface area contributed by atoms with Crippen molar-refractivity contribution in [3.05, 3.63) is 27.9 Å². The summed E-state index contributed by atoms with van der Waals surface area (Å²) in [4.78, 5) is 25.4. The number of pyridine rings is 1. The highest BCUT2D eigenvalue weighted by atomic mass is 16.6. The van der Waals surface area contributed by atoms with E-state index in [9.17, 15) is 14.9 Å². The highest BCUT2D eigenvalue weighted by molar-refractivity contribution is 5.88. The lowest BCUT2D eigenvalue weighted by atomic mass is 10.2. The van der Waals surface area contributed by atoms with Gasteiger partial charge >= 0.3 is 11.7 Å². The van der Waals surface area contributed by atoms with Crippen molar-refractivity contribution in [1.29, 1.82) is 0 Å². The lowest BCUT2D eigenvalue weighted by molar-refractivity contribution is -0.384. The first kappa shape index (κ1) is 14.8. The number of carbonyl (C=O) groups excluding carboxylic acids is 1. The molecule has 1 rings (SSSR count). The smallest absolute Gasteiger partial charge is 0.356 e. The number of aliphatic hydroxyl groups is 1. The van der Waals surface area contributed by atoms with Crippen LogP contribution in [0, 0.1) is 10.1 Å². The minimum Gasteiger partial charge on any atom is -0.464 e. The Morgan fingerprint density at radius 1 is 1.63 bits per heavy atom. The van der Waals surface area contributed by atoms with Crippen LogP contribution in [0.1, 0.15) is 23.8 Å². The van der Waals surface area contributed by atoms with Crippen LogP contribution in [0.3, 0.4) is 0 Å². The number of esters is 1.